The minimum absolute atomic E-state index is 0.356. The fraction of sp³-hybridized carbons (Fsp3) is 0.500. The molecule has 94 valence electrons. The highest BCUT2D eigenvalue weighted by Crippen LogP contribution is 2.19. The average molecular weight is 235 g/mol. The molecule has 0 aliphatic heterocycles. The number of esters is 1. The van der Waals surface area contributed by atoms with Crippen molar-refractivity contribution in [3.05, 3.63) is 29.3 Å². The van der Waals surface area contributed by atoms with Crippen LogP contribution < -0.4 is 10.5 Å². The molecule has 1 aromatic carbocycles. The summed E-state index contributed by atoms with van der Waals surface area (Å²) < 4.78 is 5.30. The first-order valence-corrected chi connectivity index (χ1v) is 5.94. The Hall–Kier alpha value is -1.35. The Balaban J connectivity index is 2.67. The smallest absolute Gasteiger partial charge is 0.328 e. The molecule has 0 heterocycles. The largest absolute Gasteiger partial charge is 0.425 e. The van der Waals surface area contributed by atoms with Crippen LogP contribution in [0.25, 0.3) is 0 Å². The zero-order valence-electron chi connectivity index (χ0n) is 11.0. The van der Waals surface area contributed by atoms with Gasteiger partial charge in [-0.2, -0.15) is 0 Å². The van der Waals surface area contributed by atoms with Gasteiger partial charge < -0.3 is 10.5 Å². The number of benzene rings is 1. The van der Waals surface area contributed by atoms with Crippen LogP contribution in [0.1, 0.15) is 31.4 Å². The molecule has 0 spiro atoms. The first kappa shape index (κ1) is 13.7. The van der Waals surface area contributed by atoms with Gasteiger partial charge in [0.05, 0.1) is 0 Å². The van der Waals surface area contributed by atoms with Crippen LogP contribution in [0.3, 0.4) is 0 Å². The number of ether oxygens (including phenoxy) is 1. The van der Waals surface area contributed by atoms with Gasteiger partial charge in [-0.15, -0.1) is 0 Å². The van der Waals surface area contributed by atoms with Gasteiger partial charge >= 0.3 is 5.97 Å². The summed E-state index contributed by atoms with van der Waals surface area (Å²) in [6, 6.07) is 5.17. The van der Waals surface area contributed by atoms with Crippen molar-refractivity contribution in [2.45, 2.75) is 40.2 Å². The Labute approximate surface area is 103 Å². The quantitative estimate of drug-likeness (QED) is 0.644. The van der Waals surface area contributed by atoms with Gasteiger partial charge in [0.2, 0.25) is 0 Å². The second kappa shape index (κ2) is 5.82. The summed E-state index contributed by atoms with van der Waals surface area (Å²) in [6.45, 7) is 7.99. The van der Waals surface area contributed by atoms with E-state index in [4.69, 9.17) is 10.5 Å². The molecule has 1 rings (SSSR count). The lowest BCUT2D eigenvalue weighted by Gasteiger charge is -2.14. The van der Waals surface area contributed by atoms with Crippen molar-refractivity contribution < 1.29 is 9.53 Å². The lowest BCUT2D eigenvalue weighted by atomic mass is 10.0. The van der Waals surface area contributed by atoms with Crippen molar-refractivity contribution in [1.29, 1.82) is 0 Å². The highest BCUT2D eigenvalue weighted by atomic mass is 16.5. The normalized spacial score (nSPS) is 12.6. The van der Waals surface area contributed by atoms with Crippen LogP contribution in [0, 0.1) is 19.8 Å². The van der Waals surface area contributed by atoms with Gasteiger partial charge in [0.25, 0.3) is 0 Å². The van der Waals surface area contributed by atoms with Crippen LogP contribution in [-0.2, 0) is 4.79 Å². The van der Waals surface area contributed by atoms with E-state index >= 15 is 0 Å². The van der Waals surface area contributed by atoms with Crippen LogP contribution in [0.4, 0.5) is 0 Å². The molecule has 0 aliphatic carbocycles. The standard InChI is InChI=1S/C14H21NO2/c1-9(2)7-12(15)14(16)17-13-6-5-10(3)8-11(13)4/h5-6,8-9,12H,7,15H2,1-4H3. The van der Waals surface area contributed by atoms with Crippen LogP contribution in [0.5, 0.6) is 5.75 Å². The molecule has 17 heavy (non-hydrogen) atoms. The molecule has 1 atom stereocenters. The maximum atomic E-state index is 11.7. The summed E-state index contributed by atoms with van der Waals surface area (Å²) in [4.78, 5) is 11.7. The molecule has 0 saturated heterocycles. The summed E-state index contributed by atoms with van der Waals surface area (Å²) in [5, 5.41) is 0. The molecule has 1 unspecified atom stereocenters. The molecular weight excluding hydrogens is 214 g/mol. The minimum atomic E-state index is -0.546. The van der Waals surface area contributed by atoms with E-state index in [0.717, 1.165) is 11.1 Å². The number of aryl methyl sites for hydroxylation is 2. The molecule has 0 amide bonds. The first-order chi connectivity index (χ1) is 7.90. The third kappa shape index (κ3) is 4.19. The fourth-order valence-corrected chi connectivity index (χ4v) is 1.70. The number of hydrogen-bond acceptors (Lipinski definition) is 3. The first-order valence-electron chi connectivity index (χ1n) is 5.94. The number of hydrogen-bond donors (Lipinski definition) is 1. The second-order valence-corrected chi connectivity index (χ2v) is 4.93. The van der Waals surface area contributed by atoms with E-state index in [1.54, 1.807) is 0 Å². The molecule has 0 fully saturated rings. The van der Waals surface area contributed by atoms with Crippen molar-refractivity contribution in [3.8, 4) is 5.75 Å². The number of carbonyl (C=O) groups is 1. The maximum Gasteiger partial charge on any atom is 0.328 e. The second-order valence-electron chi connectivity index (χ2n) is 4.93. The maximum absolute atomic E-state index is 11.7. The van der Waals surface area contributed by atoms with E-state index in [2.05, 4.69) is 0 Å². The molecule has 2 N–H and O–H groups in total. The lowest BCUT2D eigenvalue weighted by Crippen LogP contribution is -2.35. The van der Waals surface area contributed by atoms with Crippen LogP contribution in [0.2, 0.25) is 0 Å². The summed E-state index contributed by atoms with van der Waals surface area (Å²) in [6.07, 6.45) is 0.643. The van der Waals surface area contributed by atoms with Gasteiger partial charge in [-0.05, 0) is 37.8 Å². The van der Waals surface area contributed by atoms with Gasteiger partial charge in [0.15, 0.2) is 0 Å². The van der Waals surface area contributed by atoms with Gasteiger partial charge in [-0.3, -0.25) is 0 Å². The van der Waals surface area contributed by atoms with Crippen molar-refractivity contribution in [3.63, 3.8) is 0 Å². The summed E-state index contributed by atoms with van der Waals surface area (Å²) >= 11 is 0. The number of nitrogens with two attached hydrogens (primary N) is 1. The van der Waals surface area contributed by atoms with E-state index in [-0.39, 0.29) is 5.97 Å². The Morgan fingerprint density at radius 2 is 2.00 bits per heavy atom. The molecule has 0 aromatic heterocycles. The fourth-order valence-electron chi connectivity index (χ4n) is 1.70. The van der Waals surface area contributed by atoms with E-state index in [1.807, 2.05) is 45.9 Å². The monoisotopic (exact) mass is 235 g/mol. The Morgan fingerprint density at radius 3 is 2.53 bits per heavy atom. The Morgan fingerprint density at radius 1 is 1.35 bits per heavy atom. The Kier molecular flexibility index (Phi) is 4.70. The molecule has 3 heteroatoms. The van der Waals surface area contributed by atoms with Crippen LogP contribution in [-0.4, -0.2) is 12.0 Å². The van der Waals surface area contributed by atoms with Crippen molar-refractivity contribution in [2.24, 2.45) is 11.7 Å². The molecule has 0 aliphatic rings. The molecule has 0 radical (unpaired) electrons. The molecule has 0 saturated carbocycles. The van der Waals surface area contributed by atoms with Gasteiger partial charge in [-0.25, -0.2) is 4.79 Å². The van der Waals surface area contributed by atoms with Gasteiger partial charge in [0.1, 0.15) is 11.8 Å². The zero-order chi connectivity index (χ0) is 13.0. The van der Waals surface area contributed by atoms with Crippen molar-refractivity contribution >= 4 is 5.97 Å². The number of rotatable bonds is 4. The highest BCUT2D eigenvalue weighted by Gasteiger charge is 2.17. The number of carbonyl (C=O) groups excluding carboxylic acids is 1. The van der Waals surface area contributed by atoms with Gasteiger partial charge in [0, 0.05) is 0 Å². The third-order valence-electron chi connectivity index (χ3n) is 2.57. The molecule has 1 aromatic rings. The molecule has 0 bridgehead atoms. The van der Waals surface area contributed by atoms with E-state index in [0.29, 0.717) is 18.1 Å². The molecular formula is C14H21NO2. The predicted molar refractivity (Wildman–Crippen MR) is 69.0 cm³/mol. The summed E-state index contributed by atoms with van der Waals surface area (Å²) in [5.41, 5.74) is 7.87. The van der Waals surface area contributed by atoms with Crippen molar-refractivity contribution in [2.75, 3.05) is 0 Å². The van der Waals surface area contributed by atoms with Crippen LogP contribution >= 0.6 is 0 Å². The lowest BCUT2D eigenvalue weighted by molar-refractivity contribution is -0.136. The minimum Gasteiger partial charge on any atom is -0.425 e. The SMILES string of the molecule is Cc1ccc(OC(=O)C(N)CC(C)C)c(C)c1. The Bertz CT molecular complexity index is 399. The molecule has 3 nitrogen and oxygen atoms in total. The van der Waals surface area contributed by atoms with Crippen molar-refractivity contribution in [1.82, 2.24) is 0 Å². The third-order valence-corrected chi connectivity index (χ3v) is 2.57. The van der Waals surface area contributed by atoms with E-state index in [1.165, 1.54) is 0 Å². The average Bonchev–Trinajstić information content (AvgIpc) is 2.21. The predicted octanol–water partition coefficient (Wildman–Crippen LogP) is 2.58. The zero-order valence-corrected chi connectivity index (χ0v) is 11.0. The summed E-state index contributed by atoms with van der Waals surface area (Å²) in [5.74, 6) is 0.627. The topological polar surface area (TPSA) is 52.3 Å². The highest BCUT2D eigenvalue weighted by molar-refractivity contribution is 5.78. The van der Waals surface area contributed by atoms with E-state index < -0.39 is 6.04 Å². The van der Waals surface area contributed by atoms with E-state index in [9.17, 15) is 4.79 Å². The summed E-state index contributed by atoms with van der Waals surface area (Å²) in [7, 11) is 0. The van der Waals surface area contributed by atoms with Crippen LogP contribution in [0.15, 0.2) is 18.2 Å². The van der Waals surface area contributed by atoms with Gasteiger partial charge in [-0.1, -0.05) is 31.5 Å².